The number of nitrogens with zero attached hydrogens (tertiary/aromatic N) is 1. The first-order valence-corrected chi connectivity index (χ1v) is 6.59. The van der Waals surface area contributed by atoms with Crippen molar-refractivity contribution in [1.29, 1.82) is 0 Å². The molecule has 0 aliphatic heterocycles. The Morgan fingerprint density at radius 3 is 2.83 bits per heavy atom. The standard InChI is InChI=1S/C14H21N3O/c1-11-12(6-5-9-16-11)13(18)17-10-14(15)7-3-2-4-8-14/h5-6,9H,2-4,7-8,10,15H2,1H3,(H,17,18). The molecule has 0 atom stereocenters. The highest BCUT2D eigenvalue weighted by atomic mass is 16.1. The van der Waals surface area contributed by atoms with Crippen LogP contribution in [0.5, 0.6) is 0 Å². The summed E-state index contributed by atoms with van der Waals surface area (Å²) < 4.78 is 0. The Morgan fingerprint density at radius 2 is 2.17 bits per heavy atom. The fourth-order valence-electron chi connectivity index (χ4n) is 2.51. The van der Waals surface area contributed by atoms with Crippen LogP contribution in [0.2, 0.25) is 0 Å². The molecule has 1 fully saturated rings. The maximum Gasteiger partial charge on any atom is 0.253 e. The summed E-state index contributed by atoms with van der Waals surface area (Å²) in [6.07, 6.45) is 7.28. The molecule has 1 aliphatic rings. The normalized spacial score (nSPS) is 18.3. The predicted octanol–water partition coefficient (Wildman–Crippen LogP) is 1.78. The minimum Gasteiger partial charge on any atom is -0.350 e. The molecular formula is C14H21N3O. The average molecular weight is 247 g/mol. The van der Waals surface area contributed by atoms with Gasteiger partial charge in [-0.15, -0.1) is 0 Å². The van der Waals surface area contributed by atoms with Gasteiger partial charge in [-0.3, -0.25) is 9.78 Å². The van der Waals surface area contributed by atoms with Crippen LogP contribution in [0.3, 0.4) is 0 Å². The second kappa shape index (κ2) is 5.48. The molecule has 2 rings (SSSR count). The number of carbonyl (C=O) groups is 1. The summed E-state index contributed by atoms with van der Waals surface area (Å²) in [5.74, 6) is -0.0731. The molecule has 0 spiro atoms. The minimum absolute atomic E-state index is 0.0731. The number of hydrogen-bond donors (Lipinski definition) is 2. The fraction of sp³-hybridized carbons (Fsp3) is 0.571. The Morgan fingerprint density at radius 1 is 1.44 bits per heavy atom. The predicted molar refractivity (Wildman–Crippen MR) is 71.3 cm³/mol. The summed E-state index contributed by atoms with van der Waals surface area (Å²) >= 11 is 0. The number of nitrogens with one attached hydrogen (secondary N) is 1. The van der Waals surface area contributed by atoms with Crippen LogP contribution in [0.1, 0.15) is 48.2 Å². The second-order valence-corrected chi connectivity index (χ2v) is 5.24. The molecule has 0 bridgehead atoms. The molecule has 0 saturated heterocycles. The van der Waals surface area contributed by atoms with Crippen LogP contribution in [-0.4, -0.2) is 23.0 Å². The van der Waals surface area contributed by atoms with E-state index in [-0.39, 0.29) is 11.4 Å². The van der Waals surface area contributed by atoms with E-state index in [1.807, 2.05) is 6.92 Å². The number of aromatic nitrogens is 1. The molecule has 4 heteroatoms. The van der Waals surface area contributed by atoms with Gasteiger partial charge in [0.05, 0.1) is 5.56 Å². The highest BCUT2D eigenvalue weighted by Crippen LogP contribution is 2.25. The Hall–Kier alpha value is -1.42. The molecule has 1 heterocycles. The molecule has 0 unspecified atom stereocenters. The summed E-state index contributed by atoms with van der Waals surface area (Å²) in [4.78, 5) is 16.2. The summed E-state index contributed by atoms with van der Waals surface area (Å²) in [6.45, 7) is 2.40. The number of pyridine rings is 1. The van der Waals surface area contributed by atoms with Crippen molar-refractivity contribution in [2.75, 3.05) is 6.54 Å². The number of nitrogens with two attached hydrogens (primary N) is 1. The van der Waals surface area contributed by atoms with E-state index in [4.69, 9.17) is 5.73 Å². The van der Waals surface area contributed by atoms with Gasteiger partial charge in [0.2, 0.25) is 0 Å². The molecule has 1 aromatic heterocycles. The van der Waals surface area contributed by atoms with Crippen LogP contribution in [0.15, 0.2) is 18.3 Å². The number of aryl methyl sites for hydroxylation is 1. The molecule has 18 heavy (non-hydrogen) atoms. The van der Waals surface area contributed by atoms with E-state index in [2.05, 4.69) is 10.3 Å². The molecule has 1 aromatic rings. The molecule has 1 saturated carbocycles. The molecule has 0 aromatic carbocycles. The summed E-state index contributed by atoms with van der Waals surface area (Å²) in [5.41, 5.74) is 7.47. The highest BCUT2D eigenvalue weighted by molar-refractivity contribution is 5.95. The van der Waals surface area contributed by atoms with Gasteiger partial charge >= 0.3 is 0 Å². The van der Waals surface area contributed by atoms with Gasteiger partial charge in [0.25, 0.3) is 5.91 Å². The van der Waals surface area contributed by atoms with Crippen LogP contribution in [0, 0.1) is 6.92 Å². The molecule has 1 aliphatic carbocycles. The van der Waals surface area contributed by atoms with E-state index in [0.29, 0.717) is 12.1 Å². The highest BCUT2D eigenvalue weighted by Gasteiger charge is 2.27. The van der Waals surface area contributed by atoms with Crippen molar-refractivity contribution in [2.45, 2.75) is 44.6 Å². The number of amides is 1. The van der Waals surface area contributed by atoms with Crippen molar-refractivity contribution >= 4 is 5.91 Å². The molecule has 4 nitrogen and oxygen atoms in total. The van der Waals surface area contributed by atoms with Crippen LogP contribution in [0.4, 0.5) is 0 Å². The monoisotopic (exact) mass is 247 g/mol. The lowest BCUT2D eigenvalue weighted by molar-refractivity contribution is 0.0936. The zero-order valence-electron chi connectivity index (χ0n) is 10.9. The SMILES string of the molecule is Cc1ncccc1C(=O)NCC1(N)CCCCC1. The zero-order chi connectivity index (χ0) is 13.0. The first-order valence-electron chi connectivity index (χ1n) is 6.59. The summed E-state index contributed by atoms with van der Waals surface area (Å²) in [5, 5.41) is 2.95. The third kappa shape index (κ3) is 3.07. The van der Waals surface area contributed by atoms with E-state index in [9.17, 15) is 4.79 Å². The molecule has 0 radical (unpaired) electrons. The fourth-order valence-corrected chi connectivity index (χ4v) is 2.51. The van der Waals surface area contributed by atoms with E-state index in [1.54, 1.807) is 18.3 Å². The second-order valence-electron chi connectivity index (χ2n) is 5.24. The largest absolute Gasteiger partial charge is 0.350 e. The van der Waals surface area contributed by atoms with Crippen LogP contribution < -0.4 is 11.1 Å². The Bertz CT molecular complexity index is 425. The van der Waals surface area contributed by atoms with Crippen molar-refractivity contribution in [3.63, 3.8) is 0 Å². The zero-order valence-corrected chi connectivity index (χ0v) is 10.9. The Labute approximate surface area is 108 Å². The van der Waals surface area contributed by atoms with Crippen molar-refractivity contribution in [3.8, 4) is 0 Å². The van der Waals surface area contributed by atoms with Gasteiger partial charge in [-0.2, -0.15) is 0 Å². The smallest absolute Gasteiger partial charge is 0.253 e. The van der Waals surface area contributed by atoms with Crippen LogP contribution in [0.25, 0.3) is 0 Å². The van der Waals surface area contributed by atoms with E-state index < -0.39 is 0 Å². The lowest BCUT2D eigenvalue weighted by atomic mass is 9.82. The number of rotatable bonds is 3. The first-order chi connectivity index (χ1) is 8.61. The Balaban J connectivity index is 1.94. The van der Waals surface area contributed by atoms with Gasteiger partial charge in [0.1, 0.15) is 0 Å². The number of carbonyl (C=O) groups excluding carboxylic acids is 1. The molecule has 1 amide bonds. The molecule has 98 valence electrons. The Kier molecular flexibility index (Phi) is 3.97. The van der Waals surface area contributed by atoms with E-state index in [0.717, 1.165) is 31.4 Å². The van der Waals surface area contributed by atoms with Gasteiger partial charge in [0, 0.05) is 24.0 Å². The van der Waals surface area contributed by atoms with E-state index >= 15 is 0 Å². The summed E-state index contributed by atoms with van der Waals surface area (Å²) in [7, 11) is 0. The van der Waals surface area contributed by atoms with Gasteiger partial charge in [-0.1, -0.05) is 19.3 Å². The minimum atomic E-state index is -0.218. The van der Waals surface area contributed by atoms with Gasteiger partial charge in [-0.05, 0) is 31.9 Å². The van der Waals surface area contributed by atoms with Crippen LogP contribution in [-0.2, 0) is 0 Å². The van der Waals surface area contributed by atoms with Gasteiger partial charge < -0.3 is 11.1 Å². The maximum atomic E-state index is 12.0. The maximum absolute atomic E-state index is 12.0. The van der Waals surface area contributed by atoms with Crippen molar-refractivity contribution < 1.29 is 4.79 Å². The van der Waals surface area contributed by atoms with Crippen molar-refractivity contribution in [1.82, 2.24) is 10.3 Å². The lowest BCUT2D eigenvalue weighted by Crippen LogP contribution is -2.51. The van der Waals surface area contributed by atoms with Crippen molar-refractivity contribution in [3.05, 3.63) is 29.6 Å². The van der Waals surface area contributed by atoms with Gasteiger partial charge in [-0.25, -0.2) is 0 Å². The topological polar surface area (TPSA) is 68.0 Å². The van der Waals surface area contributed by atoms with Crippen LogP contribution >= 0.6 is 0 Å². The molecular weight excluding hydrogens is 226 g/mol. The van der Waals surface area contributed by atoms with E-state index in [1.165, 1.54) is 6.42 Å². The summed E-state index contributed by atoms with van der Waals surface area (Å²) in [6, 6.07) is 3.57. The molecule has 3 N–H and O–H groups in total. The average Bonchev–Trinajstić information content (AvgIpc) is 2.38. The van der Waals surface area contributed by atoms with Crippen molar-refractivity contribution in [2.24, 2.45) is 5.73 Å². The quantitative estimate of drug-likeness (QED) is 0.855. The number of hydrogen-bond acceptors (Lipinski definition) is 3. The lowest BCUT2D eigenvalue weighted by Gasteiger charge is -2.33. The third-order valence-corrected chi connectivity index (χ3v) is 3.70. The first kappa shape index (κ1) is 13.0. The van der Waals surface area contributed by atoms with Gasteiger partial charge in [0.15, 0.2) is 0 Å². The third-order valence-electron chi connectivity index (χ3n) is 3.70.